The first-order valence-electron chi connectivity index (χ1n) is 11.8. The van der Waals surface area contributed by atoms with E-state index in [1.807, 2.05) is 78.2 Å². The highest BCUT2D eigenvalue weighted by Crippen LogP contribution is 2.45. The first-order valence-corrected chi connectivity index (χ1v) is 12.7. The number of carbonyl (C=O) groups excluding carboxylic acids is 2. The van der Waals surface area contributed by atoms with Crippen LogP contribution in [0.2, 0.25) is 0 Å². The van der Waals surface area contributed by atoms with Crippen molar-refractivity contribution >= 4 is 34.3 Å². The molecule has 0 unspecified atom stereocenters. The first kappa shape index (κ1) is 21.6. The first-order chi connectivity index (χ1) is 17.2. The van der Waals surface area contributed by atoms with Gasteiger partial charge in [0, 0.05) is 33.7 Å². The second kappa shape index (κ2) is 9.01. The van der Waals surface area contributed by atoms with E-state index in [0.717, 1.165) is 33.9 Å². The average molecular weight is 477 g/mol. The van der Waals surface area contributed by atoms with E-state index in [0.29, 0.717) is 17.5 Å². The Morgan fingerprint density at radius 2 is 1.57 bits per heavy atom. The third kappa shape index (κ3) is 4.08. The van der Waals surface area contributed by atoms with Crippen molar-refractivity contribution in [1.82, 2.24) is 0 Å². The molecule has 1 aliphatic carbocycles. The zero-order valence-corrected chi connectivity index (χ0v) is 19.8. The van der Waals surface area contributed by atoms with Crippen molar-refractivity contribution in [3.05, 3.63) is 129 Å². The van der Waals surface area contributed by atoms with Gasteiger partial charge in [-0.2, -0.15) is 0 Å². The van der Waals surface area contributed by atoms with Crippen LogP contribution in [0.15, 0.2) is 108 Å². The van der Waals surface area contributed by atoms with Gasteiger partial charge in [0.15, 0.2) is 11.6 Å². The monoisotopic (exact) mass is 476 g/mol. The lowest BCUT2D eigenvalue weighted by atomic mass is 9.79. The summed E-state index contributed by atoms with van der Waals surface area (Å²) in [4.78, 5) is 27.8. The fourth-order valence-corrected chi connectivity index (χ4v) is 5.86. The van der Waals surface area contributed by atoms with E-state index in [-0.39, 0.29) is 23.5 Å². The molecule has 0 saturated carbocycles. The molecule has 4 nitrogen and oxygen atoms in total. The smallest absolute Gasteiger partial charge is 0.193 e. The number of nitrogens with one attached hydrogen (secondary N) is 2. The van der Waals surface area contributed by atoms with Gasteiger partial charge in [-0.1, -0.05) is 66.7 Å². The molecule has 0 saturated heterocycles. The quantitative estimate of drug-likeness (QED) is 0.313. The summed E-state index contributed by atoms with van der Waals surface area (Å²) in [6.07, 6.45) is 1.23. The van der Waals surface area contributed by atoms with E-state index in [2.05, 4.69) is 28.8 Å². The van der Waals surface area contributed by atoms with Crippen molar-refractivity contribution in [2.75, 3.05) is 10.6 Å². The number of thiophene rings is 1. The number of carbonyl (C=O) groups is 2. The topological polar surface area (TPSA) is 58.2 Å². The Balaban J connectivity index is 1.42. The van der Waals surface area contributed by atoms with Crippen LogP contribution in [0.1, 0.15) is 51.2 Å². The number of Topliss-reactive ketones (excluding diaryl/α,β-unsaturated/α-hetero) is 1. The molecule has 0 radical (unpaired) electrons. The van der Waals surface area contributed by atoms with Crippen molar-refractivity contribution in [3.8, 4) is 0 Å². The highest BCUT2D eigenvalue weighted by Gasteiger charge is 2.36. The SMILES string of the molecule is O=C1C[C@@H](c2ccccc2)CC2=C1[C@@H](c1cccs1)Nc1ccc(C(=O)c3ccccc3)cc1N2. The molecule has 2 aliphatic rings. The van der Waals surface area contributed by atoms with E-state index in [4.69, 9.17) is 0 Å². The fourth-order valence-electron chi connectivity index (χ4n) is 5.08. The van der Waals surface area contributed by atoms with E-state index in [1.165, 1.54) is 5.56 Å². The molecule has 6 rings (SSSR count). The summed E-state index contributed by atoms with van der Waals surface area (Å²) in [5.41, 5.74) is 5.87. The molecule has 2 N–H and O–H groups in total. The van der Waals surface area contributed by atoms with Crippen LogP contribution in [-0.2, 0) is 4.79 Å². The lowest BCUT2D eigenvalue weighted by molar-refractivity contribution is -0.116. The zero-order chi connectivity index (χ0) is 23.8. The molecule has 2 heterocycles. The molecule has 2 atom stereocenters. The molecule has 172 valence electrons. The summed E-state index contributed by atoms with van der Waals surface area (Å²) in [5.74, 6) is 0.256. The third-order valence-corrected chi connectivity index (χ3v) is 7.74. The van der Waals surface area contributed by atoms with Gasteiger partial charge in [0.2, 0.25) is 0 Å². The van der Waals surface area contributed by atoms with E-state index in [1.54, 1.807) is 11.3 Å². The molecule has 1 aromatic heterocycles. The molecule has 5 heteroatoms. The van der Waals surface area contributed by atoms with Gasteiger partial charge in [-0.25, -0.2) is 0 Å². The minimum atomic E-state index is -0.223. The lowest BCUT2D eigenvalue weighted by Crippen LogP contribution is -2.26. The Bertz CT molecular complexity index is 1430. The Morgan fingerprint density at radius 1 is 0.800 bits per heavy atom. The number of hydrogen-bond acceptors (Lipinski definition) is 5. The minimum absolute atomic E-state index is 0.0228. The van der Waals surface area contributed by atoms with E-state index < -0.39 is 0 Å². The largest absolute Gasteiger partial charge is 0.372 e. The molecule has 1 aliphatic heterocycles. The summed E-state index contributed by atoms with van der Waals surface area (Å²) in [6.45, 7) is 0. The summed E-state index contributed by atoms with van der Waals surface area (Å²) in [6, 6.07) is 29.1. The van der Waals surface area contributed by atoms with Crippen LogP contribution < -0.4 is 10.6 Å². The predicted octanol–water partition coefficient (Wildman–Crippen LogP) is 6.96. The highest BCUT2D eigenvalue weighted by atomic mass is 32.1. The Hall–Kier alpha value is -3.96. The molecular weight excluding hydrogens is 452 g/mol. The van der Waals surface area contributed by atoms with Gasteiger partial charge in [0.25, 0.3) is 0 Å². The lowest BCUT2D eigenvalue weighted by Gasteiger charge is -2.29. The molecule has 0 amide bonds. The van der Waals surface area contributed by atoms with E-state index in [9.17, 15) is 9.59 Å². The Morgan fingerprint density at radius 3 is 2.31 bits per heavy atom. The van der Waals surface area contributed by atoms with Crippen LogP contribution in [0.25, 0.3) is 0 Å². The molecular formula is C30H24N2O2S. The number of ketones is 2. The molecule has 4 aromatic rings. The van der Waals surface area contributed by atoms with Crippen molar-refractivity contribution in [3.63, 3.8) is 0 Å². The second-order valence-electron chi connectivity index (χ2n) is 9.00. The van der Waals surface area contributed by atoms with Crippen LogP contribution in [0.5, 0.6) is 0 Å². The van der Waals surface area contributed by atoms with Gasteiger partial charge in [0.05, 0.1) is 17.4 Å². The van der Waals surface area contributed by atoms with Gasteiger partial charge in [-0.15, -0.1) is 11.3 Å². The normalized spacial score (nSPS) is 19.1. The van der Waals surface area contributed by atoms with Crippen molar-refractivity contribution < 1.29 is 9.59 Å². The summed E-state index contributed by atoms with van der Waals surface area (Å²) < 4.78 is 0. The number of allylic oxidation sites excluding steroid dienone is 1. The van der Waals surface area contributed by atoms with Gasteiger partial charge in [0.1, 0.15) is 0 Å². The summed E-state index contributed by atoms with van der Waals surface area (Å²) >= 11 is 1.64. The standard InChI is InChI=1S/C30H24N2O2S/c33-26-18-22(19-8-3-1-4-9-19)17-25-28(26)29(27-12-7-15-35-27)32-23-14-13-21(16-24(23)31-25)30(34)20-10-5-2-6-11-20/h1-16,22,29,31-32H,17-18H2/t22-,29+/m0/s1. The predicted molar refractivity (Wildman–Crippen MR) is 141 cm³/mol. The molecule has 0 fully saturated rings. The third-order valence-electron chi connectivity index (χ3n) is 6.80. The zero-order valence-electron chi connectivity index (χ0n) is 19.0. The Kier molecular flexibility index (Phi) is 5.55. The van der Waals surface area contributed by atoms with Crippen LogP contribution in [0, 0.1) is 0 Å². The van der Waals surface area contributed by atoms with Crippen LogP contribution in [0.4, 0.5) is 11.4 Å². The average Bonchev–Trinajstić information content (AvgIpc) is 3.38. The highest BCUT2D eigenvalue weighted by molar-refractivity contribution is 7.10. The minimum Gasteiger partial charge on any atom is -0.372 e. The van der Waals surface area contributed by atoms with Gasteiger partial charge in [-0.05, 0) is 47.5 Å². The second-order valence-corrected chi connectivity index (χ2v) is 9.98. The summed E-state index contributed by atoms with van der Waals surface area (Å²) in [5, 5.41) is 9.23. The number of fused-ring (bicyclic) bond motifs is 1. The Labute approximate surface area is 208 Å². The summed E-state index contributed by atoms with van der Waals surface area (Å²) in [7, 11) is 0. The maximum Gasteiger partial charge on any atom is 0.193 e. The number of rotatable bonds is 4. The molecule has 35 heavy (non-hydrogen) atoms. The van der Waals surface area contributed by atoms with Crippen LogP contribution in [-0.4, -0.2) is 11.6 Å². The fraction of sp³-hybridized carbons (Fsp3) is 0.133. The molecule has 3 aromatic carbocycles. The van der Waals surface area contributed by atoms with Gasteiger partial charge in [-0.3, -0.25) is 9.59 Å². The molecule has 0 spiro atoms. The number of anilines is 2. The van der Waals surface area contributed by atoms with E-state index >= 15 is 0 Å². The molecule has 0 bridgehead atoms. The van der Waals surface area contributed by atoms with Gasteiger partial charge < -0.3 is 10.6 Å². The number of benzene rings is 3. The van der Waals surface area contributed by atoms with Crippen molar-refractivity contribution in [2.45, 2.75) is 24.8 Å². The maximum atomic E-state index is 13.6. The van der Waals surface area contributed by atoms with Crippen LogP contribution in [0.3, 0.4) is 0 Å². The van der Waals surface area contributed by atoms with Crippen molar-refractivity contribution in [2.24, 2.45) is 0 Å². The van der Waals surface area contributed by atoms with Crippen molar-refractivity contribution in [1.29, 1.82) is 0 Å². The van der Waals surface area contributed by atoms with Gasteiger partial charge >= 0.3 is 0 Å². The van der Waals surface area contributed by atoms with Crippen LogP contribution >= 0.6 is 11.3 Å². The maximum absolute atomic E-state index is 13.6. The number of hydrogen-bond donors (Lipinski definition) is 2.